The molecule has 1 saturated carbocycles. The molecular weight excluding hydrogens is 434 g/mol. The van der Waals surface area contributed by atoms with Crippen molar-refractivity contribution < 1.29 is 27.5 Å². The minimum atomic E-state index is -3.86. The predicted molar refractivity (Wildman–Crippen MR) is 115 cm³/mol. The van der Waals surface area contributed by atoms with Crippen LogP contribution in [0.2, 0.25) is 0 Å². The first kappa shape index (κ1) is 24.0. The van der Waals surface area contributed by atoms with Gasteiger partial charge in [-0.1, -0.05) is 12.8 Å². The van der Waals surface area contributed by atoms with Gasteiger partial charge in [0, 0.05) is 13.1 Å². The topological polar surface area (TPSA) is 126 Å². The Kier molecular flexibility index (Phi) is 7.41. The second-order valence-corrected chi connectivity index (χ2v) is 10.3. The molecule has 1 aromatic carbocycles. The SMILES string of the molecule is COc1ccc(C(=O)OCC(=O)NC(C)(C#N)C2CC2)cc1S(=O)(=O)N1CCCCCC1. The maximum Gasteiger partial charge on any atom is 0.338 e. The van der Waals surface area contributed by atoms with Crippen molar-refractivity contribution >= 4 is 21.9 Å². The smallest absolute Gasteiger partial charge is 0.338 e. The molecule has 2 fully saturated rings. The molecule has 9 nitrogen and oxygen atoms in total. The van der Waals surface area contributed by atoms with Crippen molar-refractivity contribution in [2.24, 2.45) is 5.92 Å². The molecule has 1 atom stereocenters. The summed E-state index contributed by atoms with van der Waals surface area (Å²) in [6, 6.07) is 6.13. The highest BCUT2D eigenvalue weighted by Crippen LogP contribution is 2.39. The minimum Gasteiger partial charge on any atom is -0.495 e. The Morgan fingerprint density at radius 3 is 2.44 bits per heavy atom. The van der Waals surface area contributed by atoms with Crippen LogP contribution < -0.4 is 10.1 Å². The van der Waals surface area contributed by atoms with Gasteiger partial charge in [-0.15, -0.1) is 0 Å². The zero-order valence-electron chi connectivity index (χ0n) is 18.4. The maximum absolute atomic E-state index is 13.2. The predicted octanol–water partition coefficient (Wildman–Crippen LogP) is 2.23. The summed E-state index contributed by atoms with van der Waals surface area (Å²) >= 11 is 0. The van der Waals surface area contributed by atoms with Crippen molar-refractivity contribution in [2.45, 2.75) is 55.9 Å². The normalized spacial score (nSPS) is 19.2. The van der Waals surface area contributed by atoms with Crippen LogP contribution in [0.25, 0.3) is 0 Å². The molecule has 1 aromatic rings. The fourth-order valence-electron chi connectivity index (χ4n) is 3.85. The van der Waals surface area contributed by atoms with Crippen molar-refractivity contribution in [1.82, 2.24) is 9.62 Å². The number of hydrogen-bond donors (Lipinski definition) is 1. The number of ether oxygens (including phenoxy) is 2. The van der Waals surface area contributed by atoms with Gasteiger partial charge in [0.15, 0.2) is 6.61 Å². The second kappa shape index (κ2) is 9.88. The summed E-state index contributed by atoms with van der Waals surface area (Å²) in [5.41, 5.74) is -0.991. The fraction of sp³-hybridized carbons (Fsp3) is 0.591. The lowest BCUT2D eigenvalue weighted by Crippen LogP contribution is -2.48. The number of benzene rings is 1. The van der Waals surface area contributed by atoms with Crippen LogP contribution in [0.5, 0.6) is 5.75 Å². The van der Waals surface area contributed by atoms with Crippen molar-refractivity contribution in [1.29, 1.82) is 5.26 Å². The monoisotopic (exact) mass is 463 g/mol. The standard InChI is InChI=1S/C22H29N3O6S/c1-22(15-23,17-8-9-17)24-20(26)14-31-21(27)16-7-10-18(30-2)19(13-16)32(28,29)25-11-5-3-4-6-12-25/h7,10,13,17H,3-6,8-9,11-12,14H2,1-2H3,(H,24,26). The molecular formula is C22H29N3O6S. The molecule has 1 N–H and O–H groups in total. The third-order valence-electron chi connectivity index (χ3n) is 5.94. The molecule has 2 aliphatic rings. The van der Waals surface area contributed by atoms with Crippen LogP contribution in [0.3, 0.4) is 0 Å². The number of methoxy groups -OCH3 is 1. The molecule has 0 spiro atoms. The van der Waals surface area contributed by atoms with E-state index in [4.69, 9.17) is 9.47 Å². The molecule has 0 bridgehead atoms. The number of nitriles is 1. The van der Waals surface area contributed by atoms with Gasteiger partial charge >= 0.3 is 5.97 Å². The first-order valence-corrected chi connectivity index (χ1v) is 12.2. The average Bonchev–Trinajstić information content (AvgIpc) is 3.64. The fourth-order valence-corrected chi connectivity index (χ4v) is 5.55. The summed E-state index contributed by atoms with van der Waals surface area (Å²) in [7, 11) is -2.49. The largest absolute Gasteiger partial charge is 0.495 e. The molecule has 3 rings (SSSR count). The van der Waals surface area contributed by atoms with E-state index in [0.717, 1.165) is 38.5 Å². The Morgan fingerprint density at radius 2 is 1.88 bits per heavy atom. The average molecular weight is 464 g/mol. The van der Waals surface area contributed by atoms with E-state index in [1.807, 2.05) is 0 Å². The van der Waals surface area contributed by atoms with Gasteiger partial charge in [0.2, 0.25) is 10.0 Å². The molecule has 32 heavy (non-hydrogen) atoms. The Hall–Kier alpha value is -2.64. The molecule has 1 heterocycles. The zero-order chi connectivity index (χ0) is 23.4. The highest BCUT2D eigenvalue weighted by Gasteiger charge is 2.43. The van der Waals surface area contributed by atoms with Crippen LogP contribution in [-0.4, -0.2) is 56.9 Å². The number of hydrogen-bond acceptors (Lipinski definition) is 7. The summed E-state index contributed by atoms with van der Waals surface area (Å²) < 4.78 is 38.2. The van der Waals surface area contributed by atoms with Gasteiger partial charge < -0.3 is 14.8 Å². The Balaban J connectivity index is 1.72. The van der Waals surface area contributed by atoms with Crippen LogP contribution in [-0.2, 0) is 19.6 Å². The number of carbonyl (C=O) groups excluding carboxylic acids is 2. The third kappa shape index (κ3) is 5.40. The number of esters is 1. The lowest BCUT2D eigenvalue weighted by atomic mass is 9.98. The quantitative estimate of drug-likeness (QED) is 0.586. The van der Waals surface area contributed by atoms with Crippen LogP contribution in [0.1, 0.15) is 55.8 Å². The number of nitrogens with zero attached hydrogens (tertiary/aromatic N) is 2. The molecule has 10 heteroatoms. The molecule has 0 radical (unpaired) electrons. The highest BCUT2D eigenvalue weighted by atomic mass is 32.2. The Labute approximate surface area is 188 Å². The van der Waals surface area contributed by atoms with E-state index in [1.165, 1.54) is 29.6 Å². The van der Waals surface area contributed by atoms with Gasteiger partial charge in [0.1, 0.15) is 16.2 Å². The molecule has 1 amide bonds. The third-order valence-corrected chi connectivity index (χ3v) is 7.86. The number of rotatable bonds is 8. The molecule has 174 valence electrons. The molecule has 1 unspecified atom stereocenters. The first-order valence-electron chi connectivity index (χ1n) is 10.8. The van der Waals surface area contributed by atoms with Gasteiger partial charge in [-0.3, -0.25) is 4.79 Å². The molecule has 1 aliphatic heterocycles. The molecule has 0 aromatic heterocycles. The second-order valence-electron chi connectivity index (χ2n) is 8.40. The summed E-state index contributed by atoms with van der Waals surface area (Å²) in [6.45, 7) is 1.91. The number of carbonyl (C=O) groups is 2. The summed E-state index contributed by atoms with van der Waals surface area (Å²) in [4.78, 5) is 24.6. The van der Waals surface area contributed by atoms with Crippen molar-refractivity contribution in [3.8, 4) is 11.8 Å². The van der Waals surface area contributed by atoms with Crippen molar-refractivity contribution in [2.75, 3.05) is 26.8 Å². The van der Waals surface area contributed by atoms with Gasteiger partial charge in [0.25, 0.3) is 5.91 Å². The van der Waals surface area contributed by atoms with Crippen LogP contribution in [0.4, 0.5) is 0 Å². The van der Waals surface area contributed by atoms with Gasteiger partial charge in [0.05, 0.1) is 18.7 Å². The Bertz CT molecular complexity index is 1010. The van der Waals surface area contributed by atoms with E-state index < -0.39 is 34.0 Å². The van der Waals surface area contributed by atoms with Crippen LogP contribution in [0.15, 0.2) is 23.1 Å². The van der Waals surface area contributed by atoms with E-state index in [0.29, 0.717) is 13.1 Å². The highest BCUT2D eigenvalue weighted by molar-refractivity contribution is 7.89. The van der Waals surface area contributed by atoms with Crippen LogP contribution in [0, 0.1) is 17.2 Å². The summed E-state index contributed by atoms with van der Waals surface area (Å²) in [5.74, 6) is -1.18. The van der Waals surface area contributed by atoms with Crippen molar-refractivity contribution in [3.05, 3.63) is 23.8 Å². The summed E-state index contributed by atoms with van der Waals surface area (Å²) in [6.07, 6.45) is 5.24. The van der Waals surface area contributed by atoms with Crippen molar-refractivity contribution in [3.63, 3.8) is 0 Å². The lowest BCUT2D eigenvalue weighted by Gasteiger charge is -2.22. The van der Waals surface area contributed by atoms with Gasteiger partial charge in [-0.05, 0) is 56.7 Å². The first-order chi connectivity index (χ1) is 15.2. The molecule has 1 saturated heterocycles. The lowest BCUT2D eigenvalue weighted by molar-refractivity contribution is -0.125. The zero-order valence-corrected chi connectivity index (χ0v) is 19.2. The van der Waals surface area contributed by atoms with E-state index in [9.17, 15) is 23.3 Å². The number of nitrogens with one attached hydrogen (secondary N) is 1. The van der Waals surface area contributed by atoms with E-state index in [2.05, 4.69) is 11.4 Å². The van der Waals surface area contributed by atoms with Gasteiger partial charge in [-0.25, -0.2) is 13.2 Å². The summed E-state index contributed by atoms with van der Waals surface area (Å²) in [5, 5.41) is 12.0. The van der Waals surface area contributed by atoms with E-state index >= 15 is 0 Å². The van der Waals surface area contributed by atoms with E-state index in [1.54, 1.807) is 6.92 Å². The van der Waals surface area contributed by atoms with E-state index in [-0.39, 0.29) is 22.1 Å². The minimum absolute atomic E-state index is 0.00256. The number of amides is 1. The van der Waals surface area contributed by atoms with Gasteiger partial charge in [-0.2, -0.15) is 9.57 Å². The number of sulfonamides is 1. The van der Waals surface area contributed by atoms with Crippen LogP contribution >= 0.6 is 0 Å². The Morgan fingerprint density at radius 1 is 1.22 bits per heavy atom. The molecule has 1 aliphatic carbocycles. The maximum atomic E-state index is 13.2.